The Balaban J connectivity index is 1.85. The monoisotopic (exact) mass is 496 g/mol. The number of amides is 4. The summed E-state index contributed by atoms with van der Waals surface area (Å²) >= 11 is 12.3. The van der Waals surface area contributed by atoms with E-state index < -0.39 is 31.1 Å². The lowest BCUT2D eigenvalue weighted by Gasteiger charge is -2.41. The number of anilines is 1. The zero-order valence-corrected chi connectivity index (χ0v) is 19.7. The van der Waals surface area contributed by atoms with Crippen LogP contribution >= 0.6 is 23.2 Å². The van der Waals surface area contributed by atoms with E-state index in [2.05, 4.69) is 10.6 Å². The molecule has 2 atom stereocenters. The minimum Gasteiger partial charge on any atom is -0.489 e. The van der Waals surface area contributed by atoms with E-state index in [9.17, 15) is 14.7 Å². The van der Waals surface area contributed by atoms with Crippen molar-refractivity contribution in [3.05, 3.63) is 58.1 Å². The summed E-state index contributed by atoms with van der Waals surface area (Å²) in [5, 5.41) is 25.6. The molecule has 3 rings (SSSR count). The number of imide groups is 1. The van der Waals surface area contributed by atoms with Crippen molar-refractivity contribution < 1.29 is 24.5 Å². The fraction of sp³-hybridized carbons (Fsp3) is 0.364. The lowest BCUT2D eigenvalue weighted by Crippen LogP contribution is -2.67. The van der Waals surface area contributed by atoms with Crippen molar-refractivity contribution in [2.24, 2.45) is 0 Å². The van der Waals surface area contributed by atoms with Gasteiger partial charge in [-0.15, -0.1) is 0 Å². The highest BCUT2D eigenvalue weighted by Crippen LogP contribution is 2.29. The summed E-state index contributed by atoms with van der Waals surface area (Å²) in [5.41, 5.74) is 1.33. The lowest BCUT2D eigenvalue weighted by atomic mass is 10.2. The number of nitrogens with zero attached hydrogens (tertiary/aromatic N) is 2. The summed E-state index contributed by atoms with van der Waals surface area (Å²) in [6.45, 7) is 2.98. The van der Waals surface area contributed by atoms with Gasteiger partial charge in [-0.2, -0.15) is 0 Å². The molecule has 0 saturated carbocycles. The number of carbonyl (C=O) groups excluding carboxylic acids is 2. The number of urea groups is 2. The van der Waals surface area contributed by atoms with Crippen LogP contribution in [0.5, 0.6) is 5.75 Å². The predicted molar refractivity (Wildman–Crippen MR) is 125 cm³/mol. The topological polar surface area (TPSA) is 114 Å². The molecule has 0 aliphatic carbocycles. The highest BCUT2D eigenvalue weighted by Gasteiger charge is 2.39. The summed E-state index contributed by atoms with van der Waals surface area (Å²) in [6, 6.07) is 10.7. The molecule has 4 N–H and O–H groups in total. The molecular weight excluding hydrogens is 471 g/mol. The SMILES string of the molecule is CC(C)Oc1ccc(NC2NC(=O)N(C[C@@H](O)CO)C(=O)N2Cc2ccc(Cl)cc2)cc1Cl. The standard InChI is InChI=1S/C22H26Cl2N4O5/c1-13(2)33-19-8-7-16(9-18(19)24)25-20-26-21(31)28(11-17(30)12-29)22(32)27(20)10-14-3-5-15(23)6-4-14/h3-9,13,17,20,25,29-30H,10-12H2,1-2H3,(H,26,31)/t17-,20?/m1/s1. The molecule has 0 aromatic heterocycles. The number of ether oxygens (including phenoxy) is 1. The molecule has 1 aliphatic rings. The molecule has 1 fully saturated rings. The van der Waals surface area contributed by atoms with Crippen LogP contribution in [0.25, 0.3) is 0 Å². The number of rotatable bonds is 9. The minimum atomic E-state index is -1.26. The van der Waals surface area contributed by atoms with E-state index in [-0.39, 0.29) is 19.2 Å². The Morgan fingerprint density at radius 1 is 1.15 bits per heavy atom. The van der Waals surface area contributed by atoms with Gasteiger partial charge in [0.25, 0.3) is 0 Å². The maximum absolute atomic E-state index is 13.2. The Kier molecular flexibility index (Phi) is 8.25. The van der Waals surface area contributed by atoms with Crippen LogP contribution in [0.3, 0.4) is 0 Å². The van der Waals surface area contributed by atoms with E-state index in [1.54, 1.807) is 42.5 Å². The maximum atomic E-state index is 13.2. The molecule has 0 spiro atoms. The molecule has 1 heterocycles. The first-order valence-corrected chi connectivity index (χ1v) is 11.1. The van der Waals surface area contributed by atoms with Crippen molar-refractivity contribution in [2.75, 3.05) is 18.5 Å². The van der Waals surface area contributed by atoms with Crippen LogP contribution in [0.2, 0.25) is 10.0 Å². The first-order valence-electron chi connectivity index (χ1n) is 10.3. The summed E-state index contributed by atoms with van der Waals surface area (Å²) in [4.78, 5) is 28.0. The van der Waals surface area contributed by atoms with Gasteiger partial charge in [-0.25, -0.2) is 14.5 Å². The number of nitrogens with one attached hydrogen (secondary N) is 2. The fourth-order valence-corrected chi connectivity index (χ4v) is 3.56. The first kappa shape index (κ1) is 24.9. The zero-order valence-electron chi connectivity index (χ0n) is 18.2. The van der Waals surface area contributed by atoms with Gasteiger partial charge in [0.1, 0.15) is 5.75 Å². The van der Waals surface area contributed by atoms with Crippen molar-refractivity contribution in [3.8, 4) is 5.75 Å². The van der Waals surface area contributed by atoms with Gasteiger partial charge in [-0.3, -0.25) is 10.2 Å². The van der Waals surface area contributed by atoms with Crippen LogP contribution in [0, 0.1) is 0 Å². The zero-order chi connectivity index (χ0) is 24.1. The molecule has 1 unspecified atom stereocenters. The number of hydrogen-bond acceptors (Lipinski definition) is 6. The molecule has 2 aromatic carbocycles. The molecule has 2 aromatic rings. The van der Waals surface area contributed by atoms with Gasteiger partial charge in [-0.1, -0.05) is 35.3 Å². The Morgan fingerprint density at radius 3 is 2.45 bits per heavy atom. The number of carbonyl (C=O) groups is 2. The number of benzene rings is 2. The number of hydrogen-bond donors (Lipinski definition) is 4. The molecule has 33 heavy (non-hydrogen) atoms. The molecular formula is C22H26Cl2N4O5. The molecule has 4 amide bonds. The maximum Gasteiger partial charge on any atom is 0.331 e. The van der Waals surface area contributed by atoms with Gasteiger partial charge in [0, 0.05) is 10.7 Å². The van der Waals surface area contributed by atoms with Crippen LogP contribution in [-0.2, 0) is 6.54 Å². The van der Waals surface area contributed by atoms with Crippen LogP contribution in [0.1, 0.15) is 19.4 Å². The van der Waals surface area contributed by atoms with Gasteiger partial charge in [0.2, 0.25) is 0 Å². The molecule has 178 valence electrons. The molecule has 1 saturated heterocycles. The highest BCUT2D eigenvalue weighted by molar-refractivity contribution is 6.32. The summed E-state index contributed by atoms with van der Waals surface area (Å²) in [7, 11) is 0. The fourth-order valence-electron chi connectivity index (χ4n) is 3.21. The Morgan fingerprint density at radius 2 is 1.85 bits per heavy atom. The third-order valence-corrected chi connectivity index (χ3v) is 5.31. The number of β-amino-alcohol motifs (C(OH)–C–C–N with tert-alkyl or cyclic N) is 1. The van der Waals surface area contributed by atoms with Crippen LogP contribution < -0.4 is 15.4 Å². The Hall–Kier alpha value is -2.72. The van der Waals surface area contributed by atoms with Crippen molar-refractivity contribution >= 4 is 41.0 Å². The molecule has 9 nitrogen and oxygen atoms in total. The van der Waals surface area contributed by atoms with Gasteiger partial charge in [0.05, 0.1) is 36.9 Å². The second-order valence-corrected chi connectivity index (χ2v) is 8.64. The molecule has 0 radical (unpaired) electrons. The van der Waals surface area contributed by atoms with E-state index in [0.717, 1.165) is 10.5 Å². The lowest BCUT2D eigenvalue weighted by molar-refractivity contribution is 0.0541. The molecule has 11 heteroatoms. The van der Waals surface area contributed by atoms with Crippen LogP contribution in [0.4, 0.5) is 15.3 Å². The predicted octanol–water partition coefficient (Wildman–Crippen LogP) is 3.48. The van der Waals surface area contributed by atoms with E-state index in [0.29, 0.717) is 21.5 Å². The summed E-state index contributed by atoms with van der Waals surface area (Å²) < 4.78 is 5.64. The Bertz CT molecular complexity index is 989. The third-order valence-electron chi connectivity index (χ3n) is 4.76. The smallest absolute Gasteiger partial charge is 0.331 e. The largest absolute Gasteiger partial charge is 0.489 e. The first-order chi connectivity index (χ1) is 15.7. The van der Waals surface area contributed by atoms with Gasteiger partial charge >= 0.3 is 12.1 Å². The average molecular weight is 497 g/mol. The summed E-state index contributed by atoms with van der Waals surface area (Å²) in [6.07, 6.45) is -2.21. The number of aliphatic hydroxyl groups excluding tert-OH is 2. The van der Waals surface area contributed by atoms with E-state index in [1.165, 1.54) is 4.90 Å². The van der Waals surface area contributed by atoms with Gasteiger partial charge < -0.3 is 20.3 Å². The van der Waals surface area contributed by atoms with Gasteiger partial charge in [0.15, 0.2) is 6.29 Å². The number of halogens is 2. The van der Waals surface area contributed by atoms with Crippen LogP contribution in [-0.4, -0.2) is 63.7 Å². The second-order valence-electron chi connectivity index (χ2n) is 7.79. The van der Waals surface area contributed by atoms with Crippen molar-refractivity contribution in [1.82, 2.24) is 15.1 Å². The minimum absolute atomic E-state index is 0.0494. The van der Waals surface area contributed by atoms with Crippen molar-refractivity contribution in [3.63, 3.8) is 0 Å². The van der Waals surface area contributed by atoms with E-state index >= 15 is 0 Å². The highest BCUT2D eigenvalue weighted by atomic mass is 35.5. The molecule has 0 bridgehead atoms. The second kappa shape index (κ2) is 10.9. The Labute approximate surface area is 201 Å². The summed E-state index contributed by atoms with van der Waals surface area (Å²) in [5.74, 6) is 0.517. The van der Waals surface area contributed by atoms with E-state index in [1.807, 2.05) is 13.8 Å². The quantitative estimate of drug-likeness (QED) is 0.422. The van der Waals surface area contributed by atoms with Crippen molar-refractivity contribution in [2.45, 2.75) is 38.9 Å². The average Bonchev–Trinajstić information content (AvgIpc) is 2.76. The normalized spacial score (nSPS) is 17.2. The van der Waals surface area contributed by atoms with E-state index in [4.69, 9.17) is 33.0 Å². The van der Waals surface area contributed by atoms with Crippen molar-refractivity contribution in [1.29, 1.82) is 0 Å². The molecule has 1 aliphatic heterocycles. The number of aliphatic hydroxyl groups is 2. The third kappa shape index (κ3) is 6.42. The van der Waals surface area contributed by atoms with Crippen LogP contribution in [0.15, 0.2) is 42.5 Å². The van der Waals surface area contributed by atoms with Gasteiger partial charge in [-0.05, 0) is 49.7 Å².